The monoisotopic (exact) mass is 275 g/mol. The second-order valence-corrected chi connectivity index (χ2v) is 4.91. The Balaban J connectivity index is 2.81. The summed E-state index contributed by atoms with van der Waals surface area (Å²) in [4.78, 5) is 22.5. The molecule has 0 bridgehead atoms. The van der Waals surface area contributed by atoms with Crippen LogP contribution in [-0.4, -0.2) is 23.0 Å². The van der Waals surface area contributed by atoms with E-state index in [0.29, 0.717) is 5.56 Å². The summed E-state index contributed by atoms with van der Waals surface area (Å²) in [6, 6.07) is 5.39. The number of carbonyl (C=O) groups is 2. The lowest BCUT2D eigenvalue weighted by atomic mass is 10.0. The van der Waals surface area contributed by atoms with Gasteiger partial charge in [0.05, 0.1) is 0 Å². The number of hydrogen-bond acceptors (Lipinski definition) is 2. The maximum atomic E-state index is 12.0. The first-order chi connectivity index (χ1) is 9.43. The van der Waals surface area contributed by atoms with Crippen molar-refractivity contribution in [1.82, 2.24) is 5.32 Å². The zero-order valence-corrected chi connectivity index (χ0v) is 12.1. The lowest BCUT2D eigenvalue weighted by Crippen LogP contribution is -2.32. The van der Waals surface area contributed by atoms with E-state index in [4.69, 9.17) is 5.11 Å². The quantitative estimate of drug-likeness (QED) is 0.784. The Morgan fingerprint density at radius 2 is 2.10 bits per heavy atom. The zero-order chi connectivity index (χ0) is 15.1. The molecular weight excluding hydrogens is 254 g/mol. The lowest BCUT2D eigenvalue weighted by molar-refractivity contribution is -0.131. The predicted molar refractivity (Wildman–Crippen MR) is 79.7 cm³/mol. The third kappa shape index (κ3) is 4.88. The number of hydrogen-bond donors (Lipinski definition) is 2. The van der Waals surface area contributed by atoms with Crippen LogP contribution in [0.1, 0.15) is 48.2 Å². The summed E-state index contributed by atoms with van der Waals surface area (Å²) in [6.45, 7) is 5.92. The first kappa shape index (κ1) is 16.0. The predicted octanol–water partition coefficient (Wildman–Crippen LogP) is 3.01. The molecule has 4 nitrogen and oxygen atoms in total. The van der Waals surface area contributed by atoms with Gasteiger partial charge in [-0.2, -0.15) is 0 Å². The standard InChI is InChI=1S/C16H21NO3/c1-4-5-12(3)17-16(20)14-7-6-13(11(2)10-14)8-9-15(18)19/h6-10,12H,4-5H2,1-3H3,(H,17,20)(H,18,19)/b9-8+. The normalized spacial score (nSPS) is 12.3. The van der Waals surface area contributed by atoms with Gasteiger partial charge in [0, 0.05) is 17.7 Å². The van der Waals surface area contributed by atoms with E-state index in [1.807, 2.05) is 13.8 Å². The van der Waals surface area contributed by atoms with Crippen molar-refractivity contribution in [2.24, 2.45) is 0 Å². The molecule has 1 atom stereocenters. The maximum Gasteiger partial charge on any atom is 0.328 e. The summed E-state index contributed by atoms with van der Waals surface area (Å²) in [7, 11) is 0. The average Bonchev–Trinajstić information content (AvgIpc) is 2.37. The Morgan fingerprint density at radius 1 is 1.40 bits per heavy atom. The molecule has 108 valence electrons. The molecule has 0 heterocycles. The number of benzene rings is 1. The highest BCUT2D eigenvalue weighted by Gasteiger charge is 2.10. The van der Waals surface area contributed by atoms with Gasteiger partial charge in [-0.3, -0.25) is 4.79 Å². The lowest BCUT2D eigenvalue weighted by Gasteiger charge is -2.13. The molecular formula is C16H21NO3. The fourth-order valence-corrected chi connectivity index (χ4v) is 1.98. The third-order valence-electron chi connectivity index (χ3n) is 3.04. The van der Waals surface area contributed by atoms with Gasteiger partial charge < -0.3 is 10.4 Å². The molecule has 0 aliphatic rings. The van der Waals surface area contributed by atoms with Crippen molar-refractivity contribution in [2.45, 2.75) is 39.7 Å². The summed E-state index contributed by atoms with van der Waals surface area (Å²) in [5.41, 5.74) is 2.27. The molecule has 1 aromatic rings. The van der Waals surface area contributed by atoms with Gasteiger partial charge in [0.25, 0.3) is 5.91 Å². The van der Waals surface area contributed by atoms with Crippen LogP contribution in [0.3, 0.4) is 0 Å². The second-order valence-electron chi connectivity index (χ2n) is 4.91. The van der Waals surface area contributed by atoms with E-state index >= 15 is 0 Å². The van der Waals surface area contributed by atoms with Crippen LogP contribution < -0.4 is 5.32 Å². The van der Waals surface area contributed by atoms with Crippen LogP contribution in [0, 0.1) is 6.92 Å². The SMILES string of the molecule is CCCC(C)NC(=O)c1ccc(/C=C/C(=O)O)c(C)c1. The van der Waals surface area contributed by atoms with Crippen LogP contribution in [0.15, 0.2) is 24.3 Å². The van der Waals surface area contributed by atoms with E-state index in [2.05, 4.69) is 12.2 Å². The van der Waals surface area contributed by atoms with Crippen molar-refractivity contribution in [3.63, 3.8) is 0 Å². The summed E-state index contributed by atoms with van der Waals surface area (Å²) in [5, 5.41) is 11.6. The van der Waals surface area contributed by atoms with E-state index in [0.717, 1.165) is 30.0 Å². The number of rotatable bonds is 6. The minimum atomic E-state index is -0.986. The van der Waals surface area contributed by atoms with E-state index in [-0.39, 0.29) is 11.9 Å². The second kappa shape index (κ2) is 7.48. The molecule has 1 rings (SSSR count). The smallest absolute Gasteiger partial charge is 0.328 e. The Hall–Kier alpha value is -2.10. The van der Waals surface area contributed by atoms with Crippen molar-refractivity contribution in [3.8, 4) is 0 Å². The van der Waals surface area contributed by atoms with E-state index in [1.165, 1.54) is 6.08 Å². The number of amides is 1. The zero-order valence-electron chi connectivity index (χ0n) is 12.1. The van der Waals surface area contributed by atoms with Crippen molar-refractivity contribution in [2.75, 3.05) is 0 Å². The highest BCUT2D eigenvalue weighted by Crippen LogP contribution is 2.13. The average molecular weight is 275 g/mol. The highest BCUT2D eigenvalue weighted by atomic mass is 16.4. The van der Waals surface area contributed by atoms with Gasteiger partial charge in [0.2, 0.25) is 0 Å². The van der Waals surface area contributed by atoms with Gasteiger partial charge in [0.1, 0.15) is 0 Å². The molecule has 4 heteroatoms. The van der Waals surface area contributed by atoms with Gasteiger partial charge in [-0.15, -0.1) is 0 Å². The Kier molecular flexibility index (Phi) is 5.97. The molecule has 1 aromatic carbocycles. The molecule has 0 saturated heterocycles. The molecule has 0 saturated carbocycles. The fourth-order valence-electron chi connectivity index (χ4n) is 1.98. The molecule has 0 aromatic heterocycles. The first-order valence-corrected chi connectivity index (χ1v) is 6.76. The van der Waals surface area contributed by atoms with Gasteiger partial charge in [-0.25, -0.2) is 4.79 Å². The third-order valence-corrected chi connectivity index (χ3v) is 3.04. The summed E-state index contributed by atoms with van der Waals surface area (Å²) < 4.78 is 0. The molecule has 0 aliphatic heterocycles. The Labute approximate surface area is 119 Å². The molecule has 0 radical (unpaired) electrons. The highest BCUT2D eigenvalue weighted by molar-refractivity contribution is 5.95. The van der Waals surface area contributed by atoms with Gasteiger partial charge in [-0.05, 0) is 49.6 Å². The fraction of sp³-hybridized carbons (Fsp3) is 0.375. The molecule has 20 heavy (non-hydrogen) atoms. The number of aliphatic carboxylic acids is 1. The van der Waals surface area contributed by atoms with Crippen LogP contribution in [0.4, 0.5) is 0 Å². The maximum absolute atomic E-state index is 12.0. The number of nitrogens with one attached hydrogen (secondary N) is 1. The molecule has 1 amide bonds. The topological polar surface area (TPSA) is 66.4 Å². The Morgan fingerprint density at radius 3 is 2.65 bits per heavy atom. The molecule has 1 unspecified atom stereocenters. The summed E-state index contributed by atoms with van der Waals surface area (Å²) in [6.07, 6.45) is 4.59. The number of carbonyl (C=O) groups excluding carboxylic acids is 1. The van der Waals surface area contributed by atoms with Gasteiger partial charge in [0.15, 0.2) is 0 Å². The number of carboxylic acid groups (broad SMARTS) is 1. The molecule has 0 aliphatic carbocycles. The van der Waals surface area contributed by atoms with Crippen LogP contribution >= 0.6 is 0 Å². The van der Waals surface area contributed by atoms with Crippen LogP contribution in [0.5, 0.6) is 0 Å². The molecule has 0 spiro atoms. The van der Waals surface area contributed by atoms with Crippen LogP contribution in [-0.2, 0) is 4.79 Å². The number of carboxylic acids is 1. The summed E-state index contributed by atoms with van der Waals surface area (Å²) in [5.74, 6) is -1.08. The van der Waals surface area contributed by atoms with Crippen molar-refractivity contribution >= 4 is 18.0 Å². The molecule has 0 fully saturated rings. The Bertz CT molecular complexity index is 520. The van der Waals surface area contributed by atoms with E-state index in [9.17, 15) is 9.59 Å². The number of aryl methyl sites for hydroxylation is 1. The van der Waals surface area contributed by atoms with Crippen LogP contribution in [0.2, 0.25) is 0 Å². The van der Waals surface area contributed by atoms with Gasteiger partial charge >= 0.3 is 5.97 Å². The molecule has 2 N–H and O–H groups in total. The minimum absolute atomic E-state index is 0.0946. The van der Waals surface area contributed by atoms with E-state index in [1.54, 1.807) is 18.2 Å². The van der Waals surface area contributed by atoms with E-state index < -0.39 is 5.97 Å². The largest absolute Gasteiger partial charge is 0.478 e. The first-order valence-electron chi connectivity index (χ1n) is 6.76. The van der Waals surface area contributed by atoms with Crippen LogP contribution in [0.25, 0.3) is 6.08 Å². The van der Waals surface area contributed by atoms with Crippen molar-refractivity contribution < 1.29 is 14.7 Å². The van der Waals surface area contributed by atoms with Gasteiger partial charge in [-0.1, -0.05) is 19.4 Å². The van der Waals surface area contributed by atoms with Crippen molar-refractivity contribution in [3.05, 3.63) is 41.0 Å². The minimum Gasteiger partial charge on any atom is -0.478 e. The van der Waals surface area contributed by atoms with Crippen molar-refractivity contribution in [1.29, 1.82) is 0 Å². The summed E-state index contributed by atoms with van der Waals surface area (Å²) >= 11 is 0.